The van der Waals surface area contributed by atoms with Crippen LogP contribution in [0.1, 0.15) is 30.9 Å². The van der Waals surface area contributed by atoms with Gasteiger partial charge in [-0.25, -0.2) is 5.43 Å². The van der Waals surface area contributed by atoms with Crippen molar-refractivity contribution >= 4 is 5.69 Å². The fraction of sp³-hybridized carbons (Fsp3) is 0.182. The van der Waals surface area contributed by atoms with Gasteiger partial charge < -0.3 is 10.2 Å². The minimum absolute atomic E-state index is 0.418. The summed E-state index contributed by atoms with van der Waals surface area (Å²) in [6.07, 6.45) is 0. The first-order chi connectivity index (χ1) is 12.2. The van der Waals surface area contributed by atoms with Gasteiger partial charge in [-0.1, -0.05) is 68.4 Å². The molecule has 0 unspecified atom stereocenters. The second-order valence-corrected chi connectivity index (χ2v) is 6.25. The van der Waals surface area contributed by atoms with Crippen LogP contribution in [-0.4, -0.2) is 0 Å². The monoisotopic (exact) mass is 332 g/mol. The number of hydrogen-bond acceptors (Lipinski definition) is 3. The third-order valence-corrected chi connectivity index (χ3v) is 4.02. The topological polar surface area (TPSA) is 33.3 Å². The highest BCUT2D eigenvalue weighted by Gasteiger charge is 2.10. The Kier molecular flexibility index (Phi) is 5.70. The maximum atomic E-state index is 6.24. The fourth-order valence-electron chi connectivity index (χ4n) is 2.68. The summed E-state index contributed by atoms with van der Waals surface area (Å²) in [5.74, 6) is 2.21. The van der Waals surface area contributed by atoms with Crippen LogP contribution in [0.2, 0.25) is 0 Å². The normalized spacial score (nSPS) is 10.7. The number of ether oxygens (including phenoxy) is 1. The lowest BCUT2D eigenvalue weighted by Crippen LogP contribution is -2.21. The van der Waals surface area contributed by atoms with E-state index in [-0.39, 0.29) is 0 Å². The zero-order valence-corrected chi connectivity index (χ0v) is 14.7. The molecule has 0 bridgehead atoms. The number of nitrogens with one attached hydrogen (secondary N) is 2. The molecule has 3 heteroatoms. The van der Waals surface area contributed by atoms with E-state index in [4.69, 9.17) is 4.74 Å². The lowest BCUT2D eigenvalue weighted by Gasteiger charge is -2.16. The van der Waals surface area contributed by atoms with Crippen molar-refractivity contribution in [2.45, 2.75) is 26.3 Å². The molecule has 0 amide bonds. The first kappa shape index (κ1) is 17.1. The van der Waals surface area contributed by atoms with E-state index in [1.165, 1.54) is 5.56 Å². The Morgan fingerprint density at radius 1 is 0.760 bits per heavy atom. The van der Waals surface area contributed by atoms with E-state index in [1.807, 2.05) is 60.7 Å². The number of para-hydroxylation sites is 3. The van der Waals surface area contributed by atoms with Crippen LogP contribution in [0.25, 0.3) is 0 Å². The summed E-state index contributed by atoms with van der Waals surface area (Å²) in [5.41, 5.74) is 9.81. The van der Waals surface area contributed by atoms with E-state index in [0.717, 1.165) is 22.7 Å². The first-order valence-electron chi connectivity index (χ1n) is 8.62. The molecular formula is C22H24N2O. The average molecular weight is 332 g/mol. The van der Waals surface area contributed by atoms with Crippen molar-refractivity contribution in [3.63, 3.8) is 0 Å². The van der Waals surface area contributed by atoms with Gasteiger partial charge in [0.25, 0.3) is 0 Å². The van der Waals surface area contributed by atoms with E-state index < -0.39 is 0 Å². The Labute approximate surface area is 149 Å². The molecule has 0 aliphatic carbocycles. The quantitative estimate of drug-likeness (QED) is 0.543. The molecule has 0 atom stereocenters. The van der Waals surface area contributed by atoms with Gasteiger partial charge >= 0.3 is 0 Å². The summed E-state index contributed by atoms with van der Waals surface area (Å²) in [6.45, 7) is 5.02. The first-order valence-corrected chi connectivity index (χ1v) is 8.62. The molecule has 3 nitrogen and oxygen atoms in total. The van der Waals surface area contributed by atoms with Gasteiger partial charge in [-0.2, -0.15) is 0 Å². The van der Waals surface area contributed by atoms with Gasteiger partial charge in [-0.15, -0.1) is 0 Å². The number of anilines is 1. The van der Waals surface area contributed by atoms with E-state index >= 15 is 0 Å². The number of rotatable bonds is 7. The highest BCUT2D eigenvalue weighted by molar-refractivity contribution is 5.44. The molecule has 2 N–H and O–H groups in total. The van der Waals surface area contributed by atoms with E-state index in [9.17, 15) is 0 Å². The number of hydrazine groups is 1. The van der Waals surface area contributed by atoms with Crippen LogP contribution < -0.4 is 15.6 Å². The largest absolute Gasteiger partial charge is 0.457 e. The van der Waals surface area contributed by atoms with Gasteiger partial charge in [-0.3, -0.25) is 0 Å². The van der Waals surface area contributed by atoms with Crippen LogP contribution in [0.4, 0.5) is 5.69 Å². The maximum Gasteiger partial charge on any atom is 0.132 e. The van der Waals surface area contributed by atoms with E-state index in [1.54, 1.807) is 0 Å². The maximum absolute atomic E-state index is 6.24. The Balaban J connectivity index is 1.71. The SMILES string of the molecule is CC(C)c1ccccc1Oc1ccccc1CNNc1ccccc1. The summed E-state index contributed by atoms with van der Waals surface area (Å²) >= 11 is 0. The van der Waals surface area contributed by atoms with Crippen LogP contribution >= 0.6 is 0 Å². The predicted molar refractivity (Wildman–Crippen MR) is 104 cm³/mol. The Hall–Kier alpha value is -2.78. The number of benzene rings is 3. The standard InChI is InChI=1S/C22H24N2O/c1-17(2)20-13-7-9-15-22(20)25-21-14-8-6-10-18(21)16-23-24-19-11-4-3-5-12-19/h3-15,17,23-24H,16H2,1-2H3. The van der Waals surface area contributed by atoms with Crippen LogP contribution in [-0.2, 0) is 6.54 Å². The summed E-state index contributed by atoms with van der Waals surface area (Å²) < 4.78 is 6.24. The Morgan fingerprint density at radius 3 is 2.16 bits per heavy atom. The summed E-state index contributed by atoms with van der Waals surface area (Å²) in [7, 11) is 0. The average Bonchev–Trinajstić information content (AvgIpc) is 2.64. The van der Waals surface area contributed by atoms with E-state index in [0.29, 0.717) is 12.5 Å². The second kappa shape index (κ2) is 8.36. The van der Waals surface area contributed by atoms with Gasteiger partial charge in [0.15, 0.2) is 0 Å². The molecular weight excluding hydrogens is 308 g/mol. The zero-order valence-electron chi connectivity index (χ0n) is 14.7. The van der Waals surface area contributed by atoms with Crippen molar-refractivity contribution in [3.05, 3.63) is 90.0 Å². The predicted octanol–water partition coefficient (Wildman–Crippen LogP) is 5.72. The van der Waals surface area contributed by atoms with Crippen molar-refractivity contribution in [3.8, 4) is 11.5 Å². The summed E-state index contributed by atoms with van der Waals surface area (Å²) in [6, 6.07) is 26.4. The van der Waals surface area contributed by atoms with Crippen molar-refractivity contribution in [1.29, 1.82) is 0 Å². The van der Waals surface area contributed by atoms with Gasteiger partial charge in [0, 0.05) is 17.8 Å². The van der Waals surface area contributed by atoms with E-state index in [2.05, 4.69) is 42.9 Å². The Morgan fingerprint density at radius 2 is 1.40 bits per heavy atom. The molecule has 0 radical (unpaired) electrons. The molecule has 0 aliphatic heterocycles. The molecule has 0 heterocycles. The smallest absolute Gasteiger partial charge is 0.132 e. The molecule has 0 fully saturated rings. The molecule has 0 saturated carbocycles. The summed E-state index contributed by atoms with van der Waals surface area (Å²) in [5, 5.41) is 0. The van der Waals surface area contributed by atoms with Gasteiger partial charge in [0.1, 0.15) is 11.5 Å². The molecule has 0 aromatic heterocycles. The highest BCUT2D eigenvalue weighted by atomic mass is 16.5. The minimum atomic E-state index is 0.418. The fourth-order valence-corrected chi connectivity index (χ4v) is 2.68. The molecule has 3 aromatic rings. The molecule has 128 valence electrons. The third-order valence-electron chi connectivity index (χ3n) is 4.02. The molecule has 25 heavy (non-hydrogen) atoms. The van der Waals surface area contributed by atoms with Gasteiger partial charge in [0.2, 0.25) is 0 Å². The van der Waals surface area contributed by atoms with Crippen molar-refractivity contribution in [1.82, 2.24) is 5.43 Å². The third kappa shape index (κ3) is 4.61. The van der Waals surface area contributed by atoms with Crippen LogP contribution in [0.3, 0.4) is 0 Å². The molecule has 3 rings (SSSR count). The van der Waals surface area contributed by atoms with Crippen LogP contribution in [0.5, 0.6) is 11.5 Å². The second-order valence-electron chi connectivity index (χ2n) is 6.25. The number of hydrogen-bond donors (Lipinski definition) is 2. The lowest BCUT2D eigenvalue weighted by atomic mass is 10.0. The molecule has 0 aliphatic rings. The summed E-state index contributed by atoms with van der Waals surface area (Å²) in [4.78, 5) is 0. The molecule has 3 aromatic carbocycles. The lowest BCUT2D eigenvalue weighted by molar-refractivity contribution is 0.465. The Bertz CT molecular complexity index is 800. The van der Waals surface area contributed by atoms with Gasteiger partial charge in [0.05, 0.1) is 0 Å². The molecule has 0 spiro atoms. The van der Waals surface area contributed by atoms with Crippen LogP contribution in [0, 0.1) is 0 Å². The van der Waals surface area contributed by atoms with Crippen molar-refractivity contribution in [2.24, 2.45) is 0 Å². The van der Waals surface area contributed by atoms with Crippen molar-refractivity contribution in [2.75, 3.05) is 5.43 Å². The van der Waals surface area contributed by atoms with Crippen LogP contribution in [0.15, 0.2) is 78.9 Å². The molecule has 0 saturated heterocycles. The van der Waals surface area contributed by atoms with Crippen molar-refractivity contribution < 1.29 is 4.74 Å². The van der Waals surface area contributed by atoms with Gasteiger partial charge in [-0.05, 0) is 35.7 Å². The highest BCUT2D eigenvalue weighted by Crippen LogP contribution is 2.31. The minimum Gasteiger partial charge on any atom is -0.457 e. The zero-order chi connectivity index (χ0) is 17.5.